The van der Waals surface area contributed by atoms with Crippen LogP contribution in [0.3, 0.4) is 0 Å². The maximum atomic E-state index is 11.6. The van der Waals surface area contributed by atoms with Crippen LogP contribution in [0.5, 0.6) is 0 Å². The number of hydrogen-bond acceptors (Lipinski definition) is 4. The van der Waals surface area contributed by atoms with E-state index in [1.54, 1.807) is 0 Å². The van der Waals surface area contributed by atoms with E-state index in [0.29, 0.717) is 5.92 Å². The molecular weight excluding hydrogens is 220 g/mol. The third-order valence-electron chi connectivity index (χ3n) is 4.08. The molecule has 4 heteroatoms. The van der Waals surface area contributed by atoms with Crippen molar-refractivity contribution in [2.24, 2.45) is 17.8 Å². The third-order valence-corrected chi connectivity index (χ3v) is 4.08. The van der Waals surface area contributed by atoms with Crippen LogP contribution in [0.25, 0.3) is 0 Å². The van der Waals surface area contributed by atoms with Gasteiger partial charge in [0.2, 0.25) is 0 Å². The second-order valence-electron chi connectivity index (χ2n) is 5.55. The fourth-order valence-corrected chi connectivity index (χ4v) is 3.46. The second kappa shape index (κ2) is 3.56. The molecule has 5 atom stereocenters. The zero-order valence-electron chi connectivity index (χ0n) is 10.4. The van der Waals surface area contributed by atoms with E-state index in [1.165, 1.54) is 7.11 Å². The molecule has 0 N–H and O–H groups in total. The number of hydrogen-bond donors (Lipinski definition) is 0. The number of carbonyl (C=O) groups is 1. The van der Waals surface area contributed by atoms with Crippen molar-refractivity contribution >= 4 is 5.97 Å². The summed E-state index contributed by atoms with van der Waals surface area (Å²) < 4.78 is 16.6. The van der Waals surface area contributed by atoms with Gasteiger partial charge in [-0.1, -0.05) is 12.2 Å². The predicted octanol–water partition coefficient (Wildman–Crippen LogP) is 1.50. The number of fused-ring (bicyclic) bond motifs is 3. The SMILES string of the molecule is COC(=O)[C@@H]1C=C[C@@H]2[C@H]1C[C@@H]1OC(C)(C)O[C@H]21. The second-order valence-corrected chi connectivity index (χ2v) is 5.55. The van der Waals surface area contributed by atoms with Gasteiger partial charge in [-0.25, -0.2) is 0 Å². The summed E-state index contributed by atoms with van der Waals surface area (Å²) in [4.78, 5) is 11.6. The van der Waals surface area contributed by atoms with E-state index in [1.807, 2.05) is 19.9 Å². The fraction of sp³-hybridized carbons (Fsp3) is 0.769. The Labute approximate surface area is 101 Å². The lowest BCUT2D eigenvalue weighted by molar-refractivity contribution is -0.160. The smallest absolute Gasteiger partial charge is 0.312 e. The molecule has 0 aromatic heterocycles. The van der Waals surface area contributed by atoms with E-state index in [4.69, 9.17) is 14.2 Å². The molecule has 2 fully saturated rings. The number of rotatable bonds is 1. The first-order valence-electron chi connectivity index (χ1n) is 6.13. The minimum Gasteiger partial charge on any atom is -0.469 e. The summed E-state index contributed by atoms with van der Waals surface area (Å²) in [6, 6.07) is 0. The first-order valence-corrected chi connectivity index (χ1v) is 6.13. The topological polar surface area (TPSA) is 44.8 Å². The van der Waals surface area contributed by atoms with Gasteiger partial charge >= 0.3 is 5.97 Å². The van der Waals surface area contributed by atoms with Crippen LogP contribution < -0.4 is 0 Å². The molecule has 0 aromatic rings. The highest BCUT2D eigenvalue weighted by molar-refractivity contribution is 5.75. The maximum absolute atomic E-state index is 11.6. The molecule has 17 heavy (non-hydrogen) atoms. The Balaban J connectivity index is 1.78. The van der Waals surface area contributed by atoms with E-state index < -0.39 is 5.79 Å². The molecule has 0 unspecified atom stereocenters. The van der Waals surface area contributed by atoms with Crippen molar-refractivity contribution in [2.45, 2.75) is 38.3 Å². The molecule has 0 bridgehead atoms. The van der Waals surface area contributed by atoms with Gasteiger partial charge in [0.05, 0.1) is 25.2 Å². The van der Waals surface area contributed by atoms with Crippen LogP contribution in [-0.2, 0) is 19.0 Å². The lowest BCUT2D eigenvalue weighted by Crippen LogP contribution is -2.28. The first kappa shape index (κ1) is 11.2. The molecule has 1 saturated heterocycles. The lowest BCUT2D eigenvalue weighted by Gasteiger charge is -2.23. The molecule has 0 amide bonds. The minimum absolute atomic E-state index is 0.0981. The van der Waals surface area contributed by atoms with Gasteiger partial charge in [-0.2, -0.15) is 0 Å². The van der Waals surface area contributed by atoms with Crippen LogP contribution in [0.2, 0.25) is 0 Å². The Morgan fingerprint density at radius 3 is 2.82 bits per heavy atom. The average Bonchev–Trinajstić information content (AvgIpc) is 2.85. The number of ether oxygens (including phenoxy) is 3. The van der Waals surface area contributed by atoms with Gasteiger partial charge in [0.15, 0.2) is 5.79 Å². The predicted molar refractivity (Wildman–Crippen MR) is 60.1 cm³/mol. The highest BCUT2D eigenvalue weighted by Crippen LogP contribution is 2.50. The zero-order chi connectivity index (χ0) is 12.2. The molecule has 3 rings (SSSR count). The maximum Gasteiger partial charge on any atom is 0.312 e. The monoisotopic (exact) mass is 238 g/mol. The summed E-state index contributed by atoms with van der Waals surface area (Å²) >= 11 is 0. The molecule has 1 heterocycles. The quantitative estimate of drug-likeness (QED) is 0.513. The molecule has 0 aromatic carbocycles. The molecule has 1 aliphatic heterocycles. The summed E-state index contributed by atoms with van der Waals surface area (Å²) in [6.45, 7) is 3.88. The molecule has 4 nitrogen and oxygen atoms in total. The summed E-state index contributed by atoms with van der Waals surface area (Å²) in [6.07, 6.45) is 5.16. The van der Waals surface area contributed by atoms with Gasteiger partial charge in [-0.05, 0) is 26.2 Å². The van der Waals surface area contributed by atoms with Crippen molar-refractivity contribution in [1.29, 1.82) is 0 Å². The molecule has 3 aliphatic rings. The van der Waals surface area contributed by atoms with Crippen LogP contribution >= 0.6 is 0 Å². The van der Waals surface area contributed by atoms with Crippen molar-refractivity contribution in [3.63, 3.8) is 0 Å². The van der Waals surface area contributed by atoms with Crippen LogP contribution in [0, 0.1) is 17.8 Å². The molecular formula is C13H18O4. The van der Waals surface area contributed by atoms with Gasteiger partial charge < -0.3 is 14.2 Å². The summed E-state index contributed by atoms with van der Waals surface area (Å²) in [5, 5.41) is 0. The van der Waals surface area contributed by atoms with Crippen molar-refractivity contribution in [3.05, 3.63) is 12.2 Å². The Morgan fingerprint density at radius 2 is 2.12 bits per heavy atom. The Kier molecular flexibility index (Phi) is 2.35. The van der Waals surface area contributed by atoms with Gasteiger partial charge in [0.25, 0.3) is 0 Å². The van der Waals surface area contributed by atoms with E-state index in [0.717, 1.165) is 6.42 Å². The molecule has 0 spiro atoms. The van der Waals surface area contributed by atoms with Crippen molar-refractivity contribution in [3.8, 4) is 0 Å². The molecule has 2 aliphatic carbocycles. The van der Waals surface area contributed by atoms with Crippen molar-refractivity contribution in [1.82, 2.24) is 0 Å². The highest BCUT2D eigenvalue weighted by Gasteiger charge is 2.56. The van der Waals surface area contributed by atoms with Crippen LogP contribution in [0.1, 0.15) is 20.3 Å². The number of esters is 1. The molecule has 0 radical (unpaired) electrons. The normalized spacial score (nSPS) is 45.7. The standard InChI is InChI=1S/C13H18O4/c1-13(2)16-10-6-9-7(11(10)17-13)4-5-8(9)12(14)15-3/h4-5,7-11H,6H2,1-3H3/t7-,8-,9-,10+,11-/m1/s1. The Hall–Kier alpha value is -0.870. The van der Waals surface area contributed by atoms with E-state index in [9.17, 15) is 4.79 Å². The number of methoxy groups -OCH3 is 1. The van der Waals surface area contributed by atoms with E-state index >= 15 is 0 Å². The summed E-state index contributed by atoms with van der Waals surface area (Å²) in [5.41, 5.74) is 0. The fourth-order valence-electron chi connectivity index (χ4n) is 3.46. The van der Waals surface area contributed by atoms with Gasteiger partial charge in [-0.3, -0.25) is 4.79 Å². The van der Waals surface area contributed by atoms with Gasteiger partial charge in [0.1, 0.15) is 0 Å². The largest absolute Gasteiger partial charge is 0.469 e. The molecule has 1 saturated carbocycles. The van der Waals surface area contributed by atoms with Gasteiger partial charge in [0, 0.05) is 5.92 Å². The minimum atomic E-state index is -0.489. The van der Waals surface area contributed by atoms with E-state index in [-0.39, 0.29) is 30.0 Å². The Bertz CT molecular complexity index is 374. The van der Waals surface area contributed by atoms with Crippen molar-refractivity contribution < 1.29 is 19.0 Å². The zero-order valence-corrected chi connectivity index (χ0v) is 10.4. The van der Waals surface area contributed by atoms with Gasteiger partial charge in [-0.15, -0.1) is 0 Å². The third kappa shape index (κ3) is 1.62. The average molecular weight is 238 g/mol. The number of carbonyl (C=O) groups excluding carboxylic acids is 1. The first-order chi connectivity index (χ1) is 8.02. The molecule has 94 valence electrons. The van der Waals surface area contributed by atoms with Crippen molar-refractivity contribution in [2.75, 3.05) is 7.11 Å². The van der Waals surface area contributed by atoms with Crippen LogP contribution in [-0.4, -0.2) is 31.1 Å². The summed E-state index contributed by atoms with van der Waals surface area (Å²) in [7, 11) is 1.44. The van der Waals surface area contributed by atoms with E-state index in [2.05, 4.69) is 6.08 Å². The van der Waals surface area contributed by atoms with Crippen LogP contribution in [0.15, 0.2) is 12.2 Å². The van der Waals surface area contributed by atoms with Crippen LogP contribution in [0.4, 0.5) is 0 Å². The lowest BCUT2D eigenvalue weighted by atomic mass is 9.90. The highest BCUT2D eigenvalue weighted by atomic mass is 16.8. The Morgan fingerprint density at radius 1 is 1.35 bits per heavy atom. The summed E-state index contributed by atoms with van der Waals surface area (Å²) in [5.74, 6) is -0.171.